The Hall–Kier alpha value is -1.44. The molecule has 0 bridgehead atoms. The van der Waals surface area contributed by atoms with E-state index in [-0.39, 0.29) is 10.8 Å². The zero-order valence-corrected chi connectivity index (χ0v) is 15.7. The van der Waals surface area contributed by atoms with E-state index in [2.05, 4.69) is 12.2 Å². The molecule has 0 spiro atoms. The van der Waals surface area contributed by atoms with Gasteiger partial charge in [-0.25, -0.2) is 8.42 Å². The third-order valence-electron chi connectivity index (χ3n) is 4.21. The minimum absolute atomic E-state index is 0.196. The van der Waals surface area contributed by atoms with Crippen LogP contribution in [0.25, 0.3) is 0 Å². The molecule has 2 rings (SSSR count). The lowest BCUT2D eigenvalue weighted by Gasteiger charge is -2.15. The fourth-order valence-corrected chi connectivity index (χ4v) is 4.20. The van der Waals surface area contributed by atoms with Crippen molar-refractivity contribution in [1.29, 1.82) is 0 Å². The van der Waals surface area contributed by atoms with Crippen molar-refractivity contribution in [1.82, 2.24) is 9.62 Å². The number of nitrogens with one attached hydrogen (secondary N) is 1. The van der Waals surface area contributed by atoms with E-state index in [0.29, 0.717) is 31.8 Å². The number of nitrogens with zero attached hydrogens (tertiary/aromatic N) is 1. The number of amides is 1. The van der Waals surface area contributed by atoms with E-state index in [1.165, 1.54) is 16.4 Å². The van der Waals surface area contributed by atoms with Crippen LogP contribution < -0.4 is 5.32 Å². The SMILES string of the molecule is CCCCOCCCNC(=O)c1ccc(S(=O)(=O)N2CCCC2)cc1. The average molecular weight is 368 g/mol. The van der Waals surface area contributed by atoms with Crippen LogP contribution in [0.5, 0.6) is 0 Å². The van der Waals surface area contributed by atoms with Crippen molar-refractivity contribution in [2.24, 2.45) is 0 Å². The van der Waals surface area contributed by atoms with Crippen molar-refractivity contribution in [3.8, 4) is 0 Å². The molecule has 1 aliphatic heterocycles. The zero-order valence-electron chi connectivity index (χ0n) is 14.9. The Morgan fingerprint density at radius 2 is 1.76 bits per heavy atom. The van der Waals surface area contributed by atoms with Crippen molar-refractivity contribution in [2.75, 3.05) is 32.8 Å². The van der Waals surface area contributed by atoms with Crippen LogP contribution in [-0.2, 0) is 14.8 Å². The van der Waals surface area contributed by atoms with Crippen LogP contribution in [-0.4, -0.2) is 51.5 Å². The third kappa shape index (κ3) is 5.80. The van der Waals surface area contributed by atoms with Gasteiger partial charge in [-0.2, -0.15) is 4.31 Å². The maximum Gasteiger partial charge on any atom is 0.251 e. The first kappa shape index (κ1) is 19.9. The molecule has 0 atom stereocenters. The molecular formula is C18H28N2O4S. The van der Waals surface area contributed by atoms with E-state index < -0.39 is 10.0 Å². The highest BCUT2D eigenvalue weighted by atomic mass is 32.2. The molecule has 6 nitrogen and oxygen atoms in total. The van der Waals surface area contributed by atoms with Gasteiger partial charge >= 0.3 is 0 Å². The van der Waals surface area contributed by atoms with Gasteiger partial charge in [0.1, 0.15) is 0 Å². The molecule has 1 saturated heterocycles. The predicted octanol–water partition coefficient (Wildman–Crippen LogP) is 2.41. The maximum absolute atomic E-state index is 12.4. The lowest BCUT2D eigenvalue weighted by molar-refractivity contribution is 0.0940. The molecule has 7 heteroatoms. The lowest BCUT2D eigenvalue weighted by Crippen LogP contribution is -2.28. The molecule has 0 aliphatic carbocycles. The van der Waals surface area contributed by atoms with Crippen LogP contribution in [0.3, 0.4) is 0 Å². The molecule has 140 valence electrons. The molecule has 1 aromatic carbocycles. The van der Waals surface area contributed by atoms with Crippen LogP contribution in [0.15, 0.2) is 29.2 Å². The van der Waals surface area contributed by atoms with Gasteiger partial charge in [-0.15, -0.1) is 0 Å². The molecule has 1 aliphatic rings. The number of sulfonamides is 1. The standard InChI is InChI=1S/C18H28N2O4S/c1-2-3-14-24-15-6-11-19-18(21)16-7-9-17(10-8-16)25(22,23)20-12-4-5-13-20/h7-10H,2-6,11-15H2,1H3,(H,19,21). The average Bonchev–Trinajstić information content (AvgIpc) is 3.16. The van der Waals surface area contributed by atoms with Crippen LogP contribution >= 0.6 is 0 Å². The van der Waals surface area contributed by atoms with Crippen LogP contribution in [0, 0.1) is 0 Å². The summed E-state index contributed by atoms with van der Waals surface area (Å²) in [7, 11) is -3.43. The van der Waals surface area contributed by atoms with E-state index in [1.54, 1.807) is 12.1 Å². The fraction of sp³-hybridized carbons (Fsp3) is 0.611. The lowest BCUT2D eigenvalue weighted by atomic mass is 10.2. The van der Waals surface area contributed by atoms with E-state index >= 15 is 0 Å². The molecule has 1 heterocycles. The Morgan fingerprint density at radius 1 is 1.12 bits per heavy atom. The zero-order chi connectivity index (χ0) is 18.1. The molecule has 1 amide bonds. The topological polar surface area (TPSA) is 75.7 Å². The smallest absolute Gasteiger partial charge is 0.251 e. The van der Waals surface area contributed by atoms with Crippen molar-refractivity contribution in [3.05, 3.63) is 29.8 Å². The van der Waals surface area contributed by atoms with E-state index in [9.17, 15) is 13.2 Å². The Kier molecular flexibility index (Phi) is 7.87. The second kappa shape index (κ2) is 9.89. The van der Waals surface area contributed by atoms with Gasteiger partial charge in [-0.1, -0.05) is 13.3 Å². The number of hydrogen-bond donors (Lipinski definition) is 1. The predicted molar refractivity (Wildman–Crippen MR) is 97.1 cm³/mol. The summed E-state index contributed by atoms with van der Waals surface area (Å²) in [5.74, 6) is -0.196. The summed E-state index contributed by atoms with van der Waals surface area (Å²) < 4.78 is 31.8. The Morgan fingerprint density at radius 3 is 2.40 bits per heavy atom. The summed E-state index contributed by atoms with van der Waals surface area (Å²) in [5.41, 5.74) is 0.465. The highest BCUT2D eigenvalue weighted by Gasteiger charge is 2.27. The number of rotatable bonds is 10. The monoisotopic (exact) mass is 368 g/mol. The molecule has 1 N–H and O–H groups in total. The van der Waals surface area contributed by atoms with E-state index in [0.717, 1.165) is 38.7 Å². The van der Waals surface area contributed by atoms with E-state index in [1.807, 2.05) is 0 Å². The first-order chi connectivity index (χ1) is 12.1. The Bertz CT molecular complexity index is 638. The normalized spacial score (nSPS) is 15.4. The highest BCUT2D eigenvalue weighted by molar-refractivity contribution is 7.89. The summed E-state index contributed by atoms with van der Waals surface area (Å²) in [6, 6.07) is 6.15. The van der Waals surface area contributed by atoms with Crippen LogP contribution in [0.4, 0.5) is 0 Å². The Labute approximate surface area is 150 Å². The largest absolute Gasteiger partial charge is 0.381 e. The van der Waals surface area contributed by atoms with Gasteiger partial charge < -0.3 is 10.1 Å². The van der Waals surface area contributed by atoms with Crippen LogP contribution in [0.1, 0.15) is 49.4 Å². The molecular weight excluding hydrogens is 340 g/mol. The minimum atomic E-state index is -3.43. The van der Waals surface area contributed by atoms with E-state index in [4.69, 9.17) is 4.74 Å². The first-order valence-corrected chi connectivity index (χ1v) is 10.5. The number of unbranched alkanes of at least 4 members (excludes halogenated alkanes) is 1. The fourth-order valence-electron chi connectivity index (χ4n) is 2.68. The number of hydrogen-bond acceptors (Lipinski definition) is 4. The van der Waals surface area contributed by atoms with Crippen molar-refractivity contribution in [2.45, 2.75) is 43.9 Å². The van der Waals surface area contributed by atoms with Gasteiger partial charge in [0.2, 0.25) is 10.0 Å². The summed E-state index contributed by atoms with van der Waals surface area (Å²) in [6.45, 7) is 5.20. The molecule has 0 radical (unpaired) electrons. The van der Waals surface area contributed by atoms with Gasteiger partial charge in [0.15, 0.2) is 0 Å². The Balaban J connectivity index is 1.80. The molecule has 25 heavy (non-hydrogen) atoms. The third-order valence-corrected chi connectivity index (χ3v) is 6.13. The molecule has 0 unspecified atom stereocenters. The molecule has 1 aromatic rings. The highest BCUT2D eigenvalue weighted by Crippen LogP contribution is 2.21. The quantitative estimate of drug-likeness (QED) is 0.644. The molecule has 1 fully saturated rings. The van der Waals surface area contributed by atoms with Crippen molar-refractivity contribution in [3.63, 3.8) is 0 Å². The second-order valence-electron chi connectivity index (χ2n) is 6.21. The number of ether oxygens (including phenoxy) is 1. The van der Waals surface area contributed by atoms with Gasteiger partial charge in [0.25, 0.3) is 5.91 Å². The second-order valence-corrected chi connectivity index (χ2v) is 8.15. The van der Waals surface area contributed by atoms with Crippen molar-refractivity contribution >= 4 is 15.9 Å². The number of carbonyl (C=O) groups is 1. The summed E-state index contributed by atoms with van der Waals surface area (Å²) in [6.07, 6.45) is 4.74. The maximum atomic E-state index is 12.4. The van der Waals surface area contributed by atoms with Crippen molar-refractivity contribution < 1.29 is 17.9 Å². The molecule has 0 saturated carbocycles. The van der Waals surface area contributed by atoms with Gasteiger partial charge in [-0.3, -0.25) is 4.79 Å². The van der Waals surface area contributed by atoms with Gasteiger partial charge in [0.05, 0.1) is 4.90 Å². The van der Waals surface area contributed by atoms with Crippen LogP contribution in [0.2, 0.25) is 0 Å². The summed E-state index contributed by atoms with van der Waals surface area (Å²) in [4.78, 5) is 12.3. The van der Waals surface area contributed by atoms with Gasteiger partial charge in [0, 0.05) is 38.4 Å². The summed E-state index contributed by atoms with van der Waals surface area (Å²) in [5, 5.41) is 2.82. The number of carbonyl (C=O) groups excluding carboxylic acids is 1. The minimum Gasteiger partial charge on any atom is -0.381 e. The molecule has 0 aromatic heterocycles. The summed E-state index contributed by atoms with van der Waals surface area (Å²) >= 11 is 0. The first-order valence-electron chi connectivity index (χ1n) is 9.02. The van der Waals surface area contributed by atoms with Gasteiger partial charge in [-0.05, 0) is 49.9 Å². The number of benzene rings is 1.